The van der Waals surface area contributed by atoms with Crippen molar-refractivity contribution in [2.75, 3.05) is 78.1 Å². The molecule has 1 aliphatic heterocycles. The molecule has 1 amide bonds. The summed E-state index contributed by atoms with van der Waals surface area (Å²) in [5, 5.41) is 2.59. The molecule has 184 valence electrons. The van der Waals surface area contributed by atoms with Gasteiger partial charge in [-0.1, -0.05) is 25.2 Å². The number of anilines is 2. The van der Waals surface area contributed by atoms with E-state index in [1.165, 1.54) is 10.4 Å². The number of rotatable bonds is 10. The summed E-state index contributed by atoms with van der Waals surface area (Å²) >= 11 is 0. The van der Waals surface area contributed by atoms with Gasteiger partial charge in [0.15, 0.2) is 0 Å². The lowest BCUT2D eigenvalue weighted by Gasteiger charge is -2.35. The molecule has 0 aromatic heterocycles. The van der Waals surface area contributed by atoms with Gasteiger partial charge in [0.05, 0.1) is 32.1 Å². The molecule has 0 N–H and O–H groups in total. The molecule has 34 heavy (non-hydrogen) atoms. The second-order valence-corrected chi connectivity index (χ2v) is 13.7. The third-order valence-electron chi connectivity index (χ3n) is 6.16. The first-order valence-corrected chi connectivity index (χ1v) is 14.6. The third kappa shape index (κ3) is 5.75. The van der Waals surface area contributed by atoms with Crippen LogP contribution in [0.5, 0.6) is 0 Å². The molecule has 0 atom stereocenters. The van der Waals surface area contributed by atoms with Crippen molar-refractivity contribution in [2.45, 2.75) is 13.1 Å². The molecule has 0 bridgehead atoms. The standard InChI is InChI=1S/C26H37N3O4Si/c1-28(2)19-8-10-21-23(16-19)34(6,7)24-17-20(29(3)4)9-11-22(24)26(21)27-25(30)18-33-15-14-32-13-12-31-5/h8-11,16-17H,12-15,18H2,1-7H3. The van der Waals surface area contributed by atoms with Crippen LogP contribution in [-0.4, -0.2) is 88.0 Å². The van der Waals surface area contributed by atoms with Crippen LogP contribution >= 0.6 is 0 Å². The summed E-state index contributed by atoms with van der Waals surface area (Å²) in [4.78, 5) is 21.6. The van der Waals surface area contributed by atoms with Crippen LogP contribution in [-0.2, 0) is 19.0 Å². The summed E-state index contributed by atoms with van der Waals surface area (Å²) in [6, 6.07) is 12.9. The second-order valence-electron chi connectivity index (χ2n) is 9.39. The number of amides is 1. The van der Waals surface area contributed by atoms with Crippen molar-refractivity contribution < 1.29 is 19.0 Å². The molecule has 8 heteroatoms. The van der Waals surface area contributed by atoms with Gasteiger partial charge >= 0.3 is 0 Å². The molecule has 3 rings (SSSR count). The van der Waals surface area contributed by atoms with Crippen LogP contribution in [0.25, 0.3) is 0 Å². The van der Waals surface area contributed by atoms with Crippen LogP contribution in [0.2, 0.25) is 13.1 Å². The van der Waals surface area contributed by atoms with E-state index in [4.69, 9.17) is 14.2 Å². The lowest BCUT2D eigenvalue weighted by Crippen LogP contribution is -2.60. The van der Waals surface area contributed by atoms with Gasteiger partial charge in [-0.3, -0.25) is 4.79 Å². The van der Waals surface area contributed by atoms with Crippen LogP contribution in [0.3, 0.4) is 0 Å². The van der Waals surface area contributed by atoms with Crippen molar-refractivity contribution in [3.63, 3.8) is 0 Å². The predicted molar refractivity (Wildman–Crippen MR) is 142 cm³/mol. The summed E-state index contributed by atoms with van der Waals surface area (Å²) in [6.07, 6.45) is 0. The summed E-state index contributed by atoms with van der Waals surface area (Å²) in [5.74, 6) is -0.293. The molecule has 0 saturated heterocycles. The first-order valence-electron chi connectivity index (χ1n) is 11.6. The highest BCUT2D eigenvalue weighted by atomic mass is 28.3. The predicted octanol–water partition coefficient (Wildman–Crippen LogP) is 2.00. The molecule has 1 heterocycles. The van der Waals surface area contributed by atoms with Gasteiger partial charge < -0.3 is 24.0 Å². The highest BCUT2D eigenvalue weighted by Gasteiger charge is 2.38. The number of methoxy groups -OCH3 is 1. The van der Waals surface area contributed by atoms with Crippen molar-refractivity contribution in [3.8, 4) is 0 Å². The number of ether oxygens (including phenoxy) is 3. The Morgan fingerprint density at radius 1 is 0.824 bits per heavy atom. The Balaban J connectivity index is 1.94. The Morgan fingerprint density at radius 3 is 1.82 bits per heavy atom. The second kappa shape index (κ2) is 11.3. The number of hydrogen-bond donors (Lipinski definition) is 0. The highest BCUT2D eigenvalue weighted by molar-refractivity contribution is 7.02. The average molecular weight is 484 g/mol. The number of benzene rings is 2. The highest BCUT2D eigenvalue weighted by Crippen LogP contribution is 2.26. The molecule has 2 aromatic carbocycles. The van der Waals surface area contributed by atoms with E-state index >= 15 is 0 Å². The van der Waals surface area contributed by atoms with Gasteiger partial charge in [-0.25, -0.2) is 4.99 Å². The van der Waals surface area contributed by atoms with Crippen molar-refractivity contribution in [1.29, 1.82) is 0 Å². The maximum atomic E-state index is 12.8. The van der Waals surface area contributed by atoms with E-state index in [-0.39, 0.29) is 12.5 Å². The quantitative estimate of drug-likeness (QED) is 0.381. The van der Waals surface area contributed by atoms with Gasteiger partial charge in [-0.2, -0.15) is 0 Å². The van der Waals surface area contributed by atoms with Crippen molar-refractivity contribution in [2.24, 2.45) is 4.99 Å². The summed E-state index contributed by atoms with van der Waals surface area (Å²) < 4.78 is 15.8. The van der Waals surface area contributed by atoms with E-state index in [9.17, 15) is 4.79 Å². The fourth-order valence-corrected chi connectivity index (χ4v) is 7.22. The number of carbonyl (C=O) groups excluding carboxylic acids is 1. The molecule has 1 aliphatic rings. The first-order chi connectivity index (χ1) is 16.2. The minimum absolute atomic E-state index is 0.0752. The first kappa shape index (κ1) is 26.1. The summed E-state index contributed by atoms with van der Waals surface area (Å²) in [6.45, 7) is 6.46. The minimum Gasteiger partial charge on any atom is -0.382 e. The van der Waals surface area contributed by atoms with Gasteiger partial charge in [-0.15, -0.1) is 0 Å². The Labute approximate surface area is 204 Å². The largest absolute Gasteiger partial charge is 0.382 e. The number of aliphatic imine (C=N–C) groups is 1. The lowest BCUT2D eigenvalue weighted by molar-refractivity contribution is -0.122. The van der Waals surface area contributed by atoms with E-state index in [0.717, 1.165) is 28.2 Å². The summed E-state index contributed by atoms with van der Waals surface area (Å²) in [7, 11) is 7.79. The van der Waals surface area contributed by atoms with E-state index in [0.29, 0.717) is 26.4 Å². The van der Waals surface area contributed by atoms with Gasteiger partial charge in [0.2, 0.25) is 0 Å². The smallest absolute Gasteiger partial charge is 0.272 e. The molecule has 0 spiro atoms. The zero-order chi connectivity index (χ0) is 24.9. The van der Waals surface area contributed by atoms with E-state index in [1.54, 1.807) is 7.11 Å². The monoisotopic (exact) mass is 483 g/mol. The molecule has 2 aromatic rings. The molecular formula is C26H37N3O4Si. The van der Waals surface area contributed by atoms with E-state index in [1.807, 2.05) is 28.2 Å². The fraction of sp³-hybridized carbons (Fsp3) is 0.462. The topological polar surface area (TPSA) is 63.6 Å². The summed E-state index contributed by atoms with van der Waals surface area (Å²) in [5.41, 5.74) is 5.12. The van der Waals surface area contributed by atoms with Crippen molar-refractivity contribution in [1.82, 2.24) is 0 Å². The van der Waals surface area contributed by atoms with Crippen LogP contribution in [0, 0.1) is 0 Å². The average Bonchev–Trinajstić information content (AvgIpc) is 2.80. The molecule has 7 nitrogen and oxygen atoms in total. The number of fused-ring (bicyclic) bond motifs is 2. The Morgan fingerprint density at radius 2 is 1.32 bits per heavy atom. The third-order valence-corrected chi connectivity index (χ3v) is 9.68. The van der Waals surface area contributed by atoms with Crippen molar-refractivity contribution >= 4 is 41.4 Å². The molecule has 0 unspecified atom stereocenters. The Kier molecular flexibility index (Phi) is 8.65. The zero-order valence-corrected chi connectivity index (χ0v) is 22.5. The SMILES string of the molecule is COCCOCCOCC(=O)N=C1c2ccc(N(C)C)cc2[Si](C)(C)c2cc(N(C)C)ccc21. The van der Waals surface area contributed by atoms with Crippen LogP contribution in [0.15, 0.2) is 41.4 Å². The van der Waals surface area contributed by atoms with Crippen LogP contribution in [0.1, 0.15) is 11.1 Å². The Bertz CT molecular complexity index is 987. The maximum absolute atomic E-state index is 12.8. The molecule has 0 radical (unpaired) electrons. The van der Waals surface area contributed by atoms with Gasteiger partial charge in [0, 0.05) is 57.8 Å². The normalized spacial score (nSPS) is 13.8. The maximum Gasteiger partial charge on any atom is 0.272 e. The molecular weight excluding hydrogens is 446 g/mol. The molecule has 0 saturated carbocycles. The van der Waals surface area contributed by atoms with Crippen LogP contribution in [0.4, 0.5) is 11.4 Å². The molecule has 0 fully saturated rings. The van der Waals surface area contributed by atoms with Gasteiger partial charge in [-0.05, 0) is 34.6 Å². The van der Waals surface area contributed by atoms with Crippen LogP contribution < -0.4 is 20.2 Å². The zero-order valence-electron chi connectivity index (χ0n) is 21.5. The van der Waals surface area contributed by atoms with Crippen molar-refractivity contribution in [3.05, 3.63) is 47.5 Å². The lowest BCUT2D eigenvalue weighted by atomic mass is 10.00. The van der Waals surface area contributed by atoms with Gasteiger partial charge in [0.1, 0.15) is 14.7 Å². The number of nitrogens with zero attached hydrogens (tertiary/aromatic N) is 3. The van der Waals surface area contributed by atoms with Gasteiger partial charge in [0.25, 0.3) is 5.91 Å². The fourth-order valence-electron chi connectivity index (χ4n) is 4.16. The van der Waals surface area contributed by atoms with E-state index in [2.05, 4.69) is 64.3 Å². The van der Waals surface area contributed by atoms with E-state index < -0.39 is 8.07 Å². The number of hydrogen-bond acceptors (Lipinski definition) is 6. The minimum atomic E-state index is -2.03. The Hall–Kier alpha value is -2.52. The number of carbonyl (C=O) groups is 1. The molecule has 0 aliphatic carbocycles.